The molecule has 1 aliphatic rings. The van der Waals surface area contributed by atoms with E-state index in [0.29, 0.717) is 40.7 Å². The topological polar surface area (TPSA) is 97.0 Å². The summed E-state index contributed by atoms with van der Waals surface area (Å²) >= 11 is 4.21. The van der Waals surface area contributed by atoms with E-state index < -0.39 is 0 Å². The van der Waals surface area contributed by atoms with Crippen molar-refractivity contribution in [2.45, 2.75) is 12.8 Å². The Morgan fingerprint density at radius 3 is 2.96 bits per heavy atom. The number of anilines is 1. The van der Waals surface area contributed by atoms with Crippen molar-refractivity contribution in [3.63, 3.8) is 0 Å². The summed E-state index contributed by atoms with van der Waals surface area (Å²) in [5.74, 6) is 0.967. The van der Waals surface area contributed by atoms with Gasteiger partial charge in [0.15, 0.2) is 5.65 Å². The van der Waals surface area contributed by atoms with E-state index in [1.807, 2.05) is 0 Å². The average molecular weight is 342 g/mol. The lowest BCUT2D eigenvalue weighted by Crippen LogP contribution is -2.29. The lowest BCUT2D eigenvalue weighted by Gasteiger charge is -2.15. The molecule has 0 unspecified atom stereocenters. The Morgan fingerprint density at radius 2 is 2.21 bits per heavy atom. The van der Waals surface area contributed by atoms with Crippen LogP contribution in [0.3, 0.4) is 0 Å². The number of amides is 2. The number of hydrogen-bond acceptors (Lipinski definition) is 7. The third kappa shape index (κ3) is 3.16. The van der Waals surface area contributed by atoms with Gasteiger partial charge in [-0.2, -0.15) is 0 Å². The molecule has 0 atom stereocenters. The van der Waals surface area contributed by atoms with Gasteiger partial charge < -0.3 is 4.52 Å². The lowest BCUT2D eigenvalue weighted by molar-refractivity contribution is 0.238. The van der Waals surface area contributed by atoms with Crippen LogP contribution < -0.4 is 5.32 Å². The minimum absolute atomic E-state index is 0.305. The Bertz CT molecular complexity index is 881. The molecule has 0 aromatic carbocycles. The highest BCUT2D eigenvalue weighted by Gasteiger charge is 2.25. The first-order valence-corrected chi connectivity index (χ1v) is 7.90. The van der Waals surface area contributed by atoms with Gasteiger partial charge in [-0.05, 0) is 30.9 Å². The zero-order valence-electron chi connectivity index (χ0n) is 12.6. The smallest absolute Gasteiger partial charge is 0.332 e. The average Bonchev–Trinajstić information content (AvgIpc) is 3.23. The number of hydrogen-bond donors (Lipinski definition) is 2. The Morgan fingerprint density at radius 1 is 1.33 bits per heavy atom. The zero-order chi connectivity index (χ0) is 16.5. The van der Waals surface area contributed by atoms with Gasteiger partial charge in [0.25, 0.3) is 0 Å². The molecular weight excluding hydrogens is 328 g/mol. The van der Waals surface area contributed by atoms with Crippen LogP contribution in [0.4, 0.5) is 10.6 Å². The van der Waals surface area contributed by atoms with Gasteiger partial charge in [0.05, 0.1) is 23.7 Å². The van der Waals surface area contributed by atoms with Crippen molar-refractivity contribution in [1.29, 1.82) is 0 Å². The molecule has 9 heteroatoms. The van der Waals surface area contributed by atoms with Crippen LogP contribution in [-0.4, -0.2) is 37.0 Å². The summed E-state index contributed by atoms with van der Waals surface area (Å²) in [6.45, 7) is 0.639. The molecule has 0 saturated heterocycles. The van der Waals surface area contributed by atoms with Crippen molar-refractivity contribution in [1.82, 2.24) is 24.4 Å². The summed E-state index contributed by atoms with van der Waals surface area (Å²) in [4.78, 5) is 25.2. The third-order valence-corrected chi connectivity index (χ3v) is 4.08. The van der Waals surface area contributed by atoms with Crippen LogP contribution in [-0.2, 0) is 0 Å². The van der Waals surface area contributed by atoms with Crippen molar-refractivity contribution in [3.8, 4) is 11.3 Å². The Balaban J connectivity index is 1.56. The molecule has 4 rings (SSSR count). The molecule has 24 heavy (non-hydrogen) atoms. The highest BCUT2D eigenvalue weighted by Crippen LogP contribution is 2.30. The maximum atomic E-state index is 12.1. The number of pyridine rings is 1. The molecule has 1 fully saturated rings. The molecule has 8 nitrogen and oxygen atoms in total. The summed E-state index contributed by atoms with van der Waals surface area (Å²) in [5.41, 5.74) is 2.38. The predicted molar refractivity (Wildman–Crippen MR) is 90.3 cm³/mol. The number of thiol groups is 1. The van der Waals surface area contributed by atoms with Crippen LogP contribution in [0.2, 0.25) is 0 Å². The maximum absolute atomic E-state index is 12.1. The Kier molecular flexibility index (Phi) is 3.77. The van der Waals surface area contributed by atoms with Gasteiger partial charge in [-0.15, -0.1) is 0 Å². The molecule has 1 saturated carbocycles. The first-order chi connectivity index (χ1) is 11.7. The van der Waals surface area contributed by atoms with E-state index in [2.05, 4.69) is 38.2 Å². The number of rotatable bonds is 4. The normalized spacial score (nSPS) is 13.9. The number of carbonyl (C=O) groups excluding carboxylic acids is 1. The van der Waals surface area contributed by atoms with Crippen LogP contribution >= 0.6 is 12.8 Å². The van der Waals surface area contributed by atoms with Gasteiger partial charge in [0.1, 0.15) is 17.6 Å². The monoisotopic (exact) mass is 342 g/mol. The third-order valence-electron chi connectivity index (χ3n) is 3.73. The molecule has 1 N–H and O–H groups in total. The molecule has 0 spiro atoms. The van der Waals surface area contributed by atoms with Crippen LogP contribution in [0, 0.1) is 5.92 Å². The van der Waals surface area contributed by atoms with Gasteiger partial charge in [-0.25, -0.2) is 14.8 Å². The van der Waals surface area contributed by atoms with Crippen molar-refractivity contribution in [2.75, 3.05) is 11.9 Å². The largest absolute Gasteiger partial charge is 0.364 e. The number of nitrogens with one attached hydrogen (secondary N) is 1. The highest BCUT2D eigenvalue weighted by atomic mass is 32.1. The fourth-order valence-electron chi connectivity index (χ4n) is 2.24. The summed E-state index contributed by atoms with van der Waals surface area (Å²) in [5, 5.41) is 6.37. The summed E-state index contributed by atoms with van der Waals surface area (Å²) in [6.07, 6.45) is 6.97. The number of urea groups is 1. The maximum Gasteiger partial charge on any atom is 0.332 e. The fraction of sp³-hybridized carbons (Fsp3) is 0.267. The van der Waals surface area contributed by atoms with E-state index in [1.54, 1.807) is 24.5 Å². The second kappa shape index (κ2) is 6.08. The number of fused-ring (bicyclic) bond motifs is 1. The van der Waals surface area contributed by atoms with E-state index in [-0.39, 0.29) is 6.03 Å². The fourth-order valence-corrected chi connectivity index (χ4v) is 2.52. The number of carbonyl (C=O) groups is 1. The van der Waals surface area contributed by atoms with E-state index in [0.717, 1.165) is 12.8 Å². The minimum Gasteiger partial charge on any atom is -0.364 e. The lowest BCUT2D eigenvalue weighted by atomic mass is 10.2. The molecule has 0 bridgehead atoms. The Labute approximate surface area is 142 Å². The Hall–Kier alpha value is -2.68. The molecule has 2 amide bonds. The summed E-state index contributed by atoms with van der Waals surface area (Å²) in [6, 6.07) is 3.14. The van der Waals surface area contributed by atoms with E-state index in [4.69, 9.17) is 4.52 Å². The molecule has 3 aromatic heterocycles. The molecule has 0 aliphatic heterocycles. The predicted octanol–water partition coefficient (Wildman–Crippen LogP) is 2.77. The molecule has 0 radical (unpaired) electrons. The number of nitrogens with zero attached hydrogens (tertiary/aromatic N) is 5. The van der Waals surface area contributed by atoms with Gasteiger partial charge in [0.2, 0.25) is 0 Å². The van der Waals surface area contributed by atoms with Gasteiger partial charge in [-0.3, -0.25) is 14.6 Å². The van der Waals surface area contributed by atoms with Gasteiger partial charge in [-0.1, -0.05) is 18.0 Å². The van der Waals surface area contributed by atoms with E-state index in [1.165, 1.54) is 10.6 Å². The highest BCUT2D eigenvalue weighted by molar-refractivity contribution is 7.78. The van der Waals surface area contributed by atoms with Crippen LogP contribution in [0.25, 0.3) is 22.4 Å². The second-order valence-electron chi connectivity index (χ2n) is 5.66. The van der Waals surface area contributed by atoms with Crippen LogP contribution in [0.15, 0.2) is 35.3 Å². The van der Waals surface area contributed by atoms with Crippen LogP contribution in [0.1, 0.15) is 12.8 Å². The molecule has 122 valence electrons. The molecule has 1 aliphatic carbocycles. The molecular formula is C15H14N6O2S. The van der Waals surface area contributed by atoms with Gasteiger partial charge >= 0.3 is 6.03 Å². The second-order valence-corrected chi connectivity index (χ2v) is 6.15. The van der Waals surface area contributed by atoms with Crippen molar-refractivity contribution in [3.05, 3.63) is 30.8 Å². The number of aromatic nitrogens is 4. The summed E-state index contributed by atoms with van der Waals surface area (Å²) in [7, 11) is 0. The van der Waals surface area contributed by atoms with Crippen LogP contribution in [0.5, 0.6) is 0 Å². The first kappa shape index (κ1) is 14.9. The molecule has 3 aromatic rings. The van der Waals surface area contributed by atoms with E-state index >= 15 is 0 Å². The zero-order valence-corrected chi connectivity index (χ0v) is 13.5. The minimum atomic E-state index is -0.305. The van der Waals surface area contributed by atoms with Gasteiger partial charge in [0, 0.05) is 6.54 Å². The quantitative estimate of drug-likeness (QED) is 0.708. The van der Waals surface area contributed by atoms with Crippen molar-refractivity contribution in [2.24, 2.45) is 5.92 Å². The van der Waals surface area contributed by atoms with Crippen molar-refractivity contribution >= 4 is 35.8 Å². The SMILES string of the molecule is O=C(Nc1ccc2ncc(-c3cnoc3)nc2n1)N(S)CC1CC1. The summed E-state index contributed by atoms with van der Waals surface area (Å²) < 4.78 is 6.19. The van der Waals surface area contributed by atoms with Crippen molar-refractivity contribution < 1.29 is 9.32 Å². The van der Waals surface area contributed by atoms with E-state index in [9.17, 15) is 4.79 Å². The molecule has 3 heterocycles. The standard InChI is InChI=1S/C15H14N6O2S/c22-15(21(24)7-9-1-2-9)20-13-4-3-11-14(19-13)18-12(6-16-11)10-5-17-23-8-10/h3-6,8-9,24H,1-2,7H2,(H,18,19,20,22). The first-order valence-electron chi connectivity index (χ1n) is 7.50.